The van der Waals surface area contributed by atoms with Crippen LogP contribution in [0.3, 0.4) is 0 Å². The van der Waals surface area contributed by atoms with Crippen LogP contribution in [0.5, 0.6) is 0 Å². The summed E-state index contributed by atoms with van der Waals surface area (Å²) in [5.74, 6) is 0.221. The summed E-state index contributed by atoms with van der Waals surface area (Å²) >= 11 is 1.36. The lowest BCUT2D eigenvalue weighted by Gasteiger charge is -2.03. The van der Waals surface area contributed by atoms with Crippen LogP contribution in [0.4, 0.5) is 11.6 Å². The highest BCUT2D eigenvalue weighted by Gasteiger charge is 2.23. The van der Waals surface area contributed by atoms with Gasteiger partial charge in [-0.05, 0) is 24.0 Å². The van der Waals surface area contributed by atoms with E-state index in [0.29, 0.717) is 11.5 Å². The number of hydrogen-bond donors (Lipinski definition) is 1. The van der Waals surface area contributed by atoms with Crippen molar-refractivity contribution in [2.45, 2.75) is 13.5 Å². The Labute approximate surface area is 118 Å². The van der Waals surface area contributed by atoms with E-state index in [1.807, 2.05) is 25.1 Å². The minimum absolute atomic E-state index is 0.0473. The van der Waals surface area contributed by atoms with E-state index in [0.717, 1.165) is 11.4 Å². The number of aryl methyl sites for hydroxylation is 1. The summed E-state index contributed by atoms with van der Waals surface area (Å²) in [4.78, 5) is 19.9. The zero-order chi connectivity index (χ0) is 14.1. The highest BCUT2D eigenvalue weighted by atomic mass is 32.1. The van der Waals surface area contributed by atoms with Gasteiger partial charge in [0.2, 0.25) is 5.82 Å². The first-order valence-corrected chi connectivity index (χ1v) is 6.79. The van der Waals surface area contributed by atoms with Crippen LogP contribution in [-0.2, 0) is 6.54 Å². The largest absolute Gasteiger partial charge is 0.372 e. The van der Waals surface area contributed by atoms with Crippen molar-refractivity contribution < 1.29 is 4.92 Å². The van der Waals surface area contributed by atoms with E-state index in [4.69, 9.17) is 0 Å². The SMILES string of the molecule is Cc1cccc(CNc2nc3sccn3c2[N+](=O)[O-])n1. The van der Waals surface area contributed by atoms with Crippen LogP contribution >= 0.6 is 11.3 Å². The average Bonchev–Trinajstić information content (AvgIpc) is 2.95. The molecule has 0 aliphatic carbocycles. The Hall–Kier alpha value is -2.48. The van der Waals surface area contributed by atoms with Gasteiger partial charge in [-0.2, -0.15) is 9.38 Å². The van der Waals surface area contributed by atoms with E-state index in [9.17, 15) is 10.1 Å². The molecule has 0 bridgehead atoms. The number of rotatable bonds is 4. The smallest absolute Gasteiger partial charge is 0.358 e. The predicted octanol–water partition coefficient (Wildman–Crippen LogP) is 2.62. The molecular weight excluding hydrogens is 278 g/mol. The van der Waals surface area contributed by atoms with Crippen molar-refractivity contribution in [2.24, 2.45) is 0 Å². The summed E-state index contributed by atoms with van der Waals surface area (Å²) in [5, 5.41) is 15.9. The molecule has 1 N–H and O–H groups in total. The monoisotopic (exact) mass is 289 g/mol. The van der Waals surface area contributed by atoms with Crippen molar-refractivity contribution in [1.82, 2.24) is 14.4 Å². The summed E-state index contributed by atoms with van der Waals surface area (Å²) < 4.78 is 1.47. The number of nitro groups is 1. The Morgan fingerprint density at radius 1 is 1.45 bits per heavy atom. The van der Waals surface area contributed by atoms with Crippen molar-refractivity contribution in [3.63, 3.8) is 0 Å². The third-order valence-electron chi connectivity index (χ3n) is 2.79. The standard InChI is InChI=1S/C12H11N5O2S/c1-8-3-2-4-9(14-8)7-13-10-11(17(18)19)16-5-6-20-12(16)15-10/h2-6,13H,7H2,1H3. The molecule has 0 saturated carbocycles. The minimum atomic E-state index is -0.432. The second-order valence-corrected chi connectivity index (χ2v) is 5.09. The number of anilines is 1. The van der Waals surface area contributed by atoms with Gasteiger partial charge in [0, 0.05) is 11.1 Å². The summed E-state index contributed by atoms with van der Waals surface area (Å²) in [6.45, 7) is 2.30. The number of pyridine rings is 1. The third kappa shape index (κ3) is 2.21. The van der Waals surface area contributed by atoms with Crippen LogP contribution in [0.25, 0.3) is 4.96 Å². The number of aromatic nitrogens is 3. The van der Waals surface area contributed by atoms with Crippen molar-refractivity contribution in [3.8, 4) is 0 Å². The van der Waals surface area contributed by atoms with Crippen molar-refractivity contribution >= 4 is 27.9 Å². The highest BCUT2D eigenvalue weighted by molar-refractivity contribution is 7.15. The molecule has 0 atom stereocenters. The third-order valence-corrected chi connectivity index (χ3v) is 3.55. The normalized spacial score (nSPS) is 10.8. The van der Waals surface area contributed by atoms with Crippen molar-refractivity contribution in [2.75, 3.05) is 5.32 Å². The highest BCUT2D eigenvalue weighted by Crippen LogP contribution is 2.28. The summed E-state index contributed by atoms with van der Waals surface area (Å²) in [6.07, 6.45) is 1.64. The lowest BCUT2D eigenvalue weighted by Crippen LogP contribution is -2.05. The number of imidazole rings is 1. The van der Waals surface area contributed by atoms with Gasteiger partial charge < -0.3 is 15.4 Å². The molecule has 3 aromatic heterocycles. The molecule has 0 fully saturated rings. The molecule has 20 heavy (non-hydrogen) atoms. The first kappa shape index (κ1) is 12.5. The number of thiazole rings is 1. The first-order chi connectivity index (χ1) is 9.65. The van der Waals surface area contributed by atoms with E-state index in [1.54, 1.807) is 11.6 Å². The molecular formula is C12H11N5O2S. The van der Waals surface area contributed by atoms with Crippen LogP contribution in [0.2, 0.25) is 0 Å². The second-order valence-electron chi connectivity index (χ2n) is 4.22. The number of hydrogen-bond acceptors (Lipinski definition) is 6. The summed E-state index contributed by atoms with van der Waals surface area (Å²) in [6, 6.07) is 5.67. The van der Waals surface area contributed by atoms with Gasteiger partial charge in [0.05, 0.1) is 12.2 Å². The fourth-order valence-corrected chi connectivity index (χ4v) is 2.65. The van der Waals surface area contributed by atoms with Gasteiger partial charge in [-0.1, -0.05) is 17.4 Å². The molecule has 0 saturated heterocycles. The molecule has 0 aliphatic rings. The average molecular weight is 289 g/mol. The Morgan fingerprint density at radius 2 is 2.30 bits per heavy atom. The van der Waals surface area contributed by atoms with E-state index in [2.05, 4.69) is 15.3 Å². The Bertz CT molecular complexity index is 779. The molecule has 3 heterocycles. The zero-order valence-corrected chi connectivity index (χ0v) is 11.4. The van der Waals surface area contributed by atoms with Crippen LogP contribution in [0.15, 0.2) is 29.8 Å². The molecule has 102 valence electrons. The maximum Gasteiger partial charge on any atom is 0.372 e. The molecule has 3 aromatic rings. The van der Waals surface area contributed by atoms with Gasteiger partial charge in [-0.25, -0.2) is 0 Å². The Balaban J connectivity index is 1.89. The van der Waals surface area contributed by atoms with Gasteiger partial charge in [-0.15, -0.1) is 0 Å². The van der Waals surface area contributed by atoms with Gasteiger partial charge in [-0.3, -0.25) is 4.98 Å². The fourth-order valence-electron chi connectivity index (χ4n) is 1.94. The van der Waals surface area contributed by atoms with E-state index >= 15 is 0 Å². The van der Waals surface area contributed by atoms with Gasteiger partial charge in [0.25, 0.3) is 4.96 Å². The van der Waals surface area contributed by atoms with Crippen LogP contribution < -0.4 is 5.32 Å². The second kappa shape index (κ2) is 4.89. The lowest BCUT2D eigenvalue weighted by atomic mass is 10.3. The Morgan fingerprint density at radius 3 is 3.05 bits per heavy atom. The van der Waals surface area contributed by atoms with Gasteiger partial charge in [0.1, 0.15) is 6.20 Å². The summed E-state index contributed by atoms with van der Waals surface area (Å²) in [7, 11) is 0. The molecule has 0 unspecified atom stereocenters. The molecule has 7 nitrogen and oxygen atoms in total. The van der Waals surface area contributed by atoms with Crippen LogP contribution in [0, 0.1) is 17.0 Å². The topological polar surface area (TPSA) is 85.4 Å². The van der Waals surface area contributed by atoms with E-state index in [-0.39, 0.29) is 11.6 Å². The fraction of sp³-hybridized carbons (Fsp3) is 0.167. The van der Waals surface area contributed by atoms with E-state index < -0.39 is 4.92 Å². The van der Waals surface area contributed by atoms with Crippen LogP contribution in [0.1, 0.15) is 11.4 Å². The number of fused-ring (bicyclic) bond motifs is 1. The molecule has 0 radical (unpaired) electrons. The van der Waals surface area contributed by atoms with Crippen LogP contribution in [-0.4, -0.2) is 19.3 Å². The number of nitrogens with zero attached hydrogens (tertiary/aromatic N) is 4. The molecule has 3 rings (SSSR count). The van der Waals surface area contributed by atoms with Crippen molar-refractivity contribution in [1.29, 1.82) is 0 Å². The maximum absolute atomic E-state index is 11.2. The molecule has 0 spiro atoms. The first-order valence-electron chi connectivity index (χ1n) is 5.91. The predicted molar refractivity (Wildman–Crippen MR) is 76.0 cm³/mol. The maximum atomic E-state index is 11.2. The quantitative estimate of drug-likeness (QED) is 0.589. The lowest BCUT2D eigenvalue weighted by molar-refractivity contribution is -0.389. The van der Waals surface area contributed by atoms with Gasteiger partial charge in [0.15, 0.2) is 0 Å². The molecule has 8 heteroatoms. The minimum Gasteiger partial charge on any atom is -0.358 e. The van der Waals surface area contributed by atoms with Gasteiger partial charge >= 0.3 is 5.82 Å². The molecule has 0 aromatic carbocycles. The Kier molecular flexibility index (Phi) is 3.07. The zero-order valence-electron chi connectivity index (χ0n) is 10.6. The molecule has 0 aliphatic heterocycles. The van der Waals surface area contributed by atoms with Crippen molar-refractivity contribution in [3.05, 3.63) is 51.3 Å². The summed E-state index contributed by atoms with van der Waals surface area (Å²) in [5.41, 5.74) is 1.72. The van der Waals surface area contributed by atoms with E-state index in [1.165, 1.54) is 15.7 Å². The number of nitrogens with one attached hydrogen (secondary N) is 1. The molecule has 0 amide bonds.